The quantitative estimate of drug-likeness (QED) is 0.544. The summed E-state index contributed by atoms with van der Waals surface area (Å²) < 4.78 is 17.7. The Kier molecular flexibility index (Phi) is 4.35. The lowest BCUT2D eigenvalue weighted by Gasteiger charge is -2.49. The number of esters is 1. The van der Waals surface area contributed by atoms with Crippen molar-refractivity contribution in [1.29, 1.82) is 0 Å². The number of amides is 1. The molecule has 0 bridgehead atoms. The monoisotopic (exact) mass is 428 g/mol. The lowest BCUT2D eigenvalue weighted by atomic mass is 9.53. The van der Waals surface area contributed by atoms with Crippen molar-refractivity contribution in [2.45, 2.75) is 57.3 Å². The molecule has 0 unspecified atom stereocenters. The number of hydrogen-bond acceptors (Lipinski definition) is 6. The number of piperazine rings is 1. The Morgan fingerprint density at radius 2 is 2.06 bits per heavy atom. The van der Waals surface area contributed by atoms with Crippen LogP contribution < -0.4 is 0 Å². The van der Waals surface area contributed by atoms with Gasteiger partial charge in [0.05, 0.1) is 18.3 Å². The minimum Gasteiger partial charge on any atom is -0.462 e. The van der Waals surface area contributed by atoms with E-state index in [0.29, 0.717) is 31.3 Å². The SMILES string of the molecule is C[C@@H]1CCC[C@@]2(C)C[C@H]3OC(=O)[C@@H](CN4CCN(C(=O)c5ccco5)CC4)[C@@H]3[C@@H]3O[C@]132. The summed E-state index contributed by atoms with van der Waals surface area (Å²) in [5.41, 5.74) is 0.0797. The molecule has 7 heteroatoms. The van der Waals surface area contributed by atoms with Crippen molar-refractivity contribution in [2.24, 2.45) is 23.2 Å². The normalized spacial score (nSPS) is 44.3. The Morgan fingerprint density at radius 1 is 1.26 bits per heavy atom. The van der Waals surface area contributed by atoms with E-state index in [4.69, 9.17) is 13.9 Å². The summed E-state index contributed by atoms with van der Waals surface area (Å²) >= 11 is 0. The zero-order valence-electron chi connectivity index (χ0n) is 18.4. The van der Waals surface area contributed by atoms with Crippen LogP contribution in [0.2, 0.25) is 0 Å². The second kappa shape index (κ2) is 6.82. The third kappa shape index (κ3) is 2.78. The molecule has 4 heterocycles. The standard InChI is InChI=1S/C24H32N2O5/c1-15-5-3-7-23(2)13-18-19(20-24(15,23)31-20)16(22(28)30-18)14-25-8-10-26(11-9-25)21(27)17-6-4-12-29-17/h4,6,12,15-16,18-20H,3,5,7-11,13-14H2,1-2H3/t15-,16+,18-,19+,20+,23+,24-/m1/s1. The van der Waals surface area contributed by atoms with Crippen molar-refractivity contribution in [3.8, 4) is 0 Å². The average molecular weight is 429 g/mol. The molecule has 2 saturated carbocycles. The summed E-state index contributed by atoms with van der Waals surface area (Å²) in [6.45, 7) is 8.21. The van der Waals surface area contributed by atoms with Gasteiger partial charge < -0.3 is 18.8 Å². The number of carbonyl (C=O) groups excluding carboxylic acids is 2. The van der Waals surface area contributed by atoms with Crippen LogP contribution in [-0.4, -0.2) is 72.2 Å². The van der Waals surface area contributed by atoms with Gasteiger partial charge >= 0.3 is 5.97 Å². The van der Waals surface area contributed by atoms with Gasteiger partial charge in [-0.1, -0.05) is 20.3 Å². The van der Waals surface area contributed by atoms with Crippen LogP contribution in [0, 0.1) is 23.2 Å². The smallest absolute Gasteiger partial charge is 0.311 e. The van der Waals surface area contributed by atoms with Gasteiger partial charge in [0.2, 0.25) is 0 Å². The second-order valence-electron chi connectivity index (χ2n) is 10.6. The third-order valence-electron chi connectivity index (χ3n) is 9.04. The number of nitrogens with zero attached hydrogens (tertiary/aromatic N) is 2. The van der Waals surface area contributed by atoms with Crippen LogP contribution in [0.25, 0.3) is 0 Å². The molecule has 7 atom stereocenters. The van der Waals surface area contributed by atoms with Crippen molar-refractivity contribution in [3.05, 3.63) is 24.2 Å². The molecule has 1 spiro atoms. The highest BCUT2D eigenvalue weighted by molar-refractivity contribution is 5.91. The summed E-state index contributed by atoms with van der Waals surface area (Å²) in [5.74, 6) is 0.869. The maximum Gasteiger partial charge on any atom is 0.311 e. The molecule has 3 saturated heterocycles. The van der Waals surface area contributed by atoms with Gasteiger partial charge in [0, 0.05) is 44.1 Å². The van der Waals surface area contributed by atoms with Crippen molar-refractivity contribution in [3.63, 3.8) is 0 Å². The average Bonchev–Trinajstić information content (AvgIpc) is 3.13. The molecular formula is C24H32N2O5. The fourth-order valence-electron chi connectivity index (χ4n) is 7.41. The first kappa shape index (κ1) is 19.8. The molecule has 168 valence electrons. The van der Waals surface area contributed by atoms with Crippen LogP contribution in [0.15, 0.2) is 22.8 Å². The zero-order chi connectivity index (χ0) is 21.4. The van der Waals surface area contributed by atoms with E-state index in [-0.39, 0.29) is 46.9 Å². The molecule has 6 rings (SSSR count). The number of carbonyl (C=O) groups is 2. The molecule has 3 aliphatic heterocycles. The minimum atomic E-state index is -0.125. The summed E-state index contributed by atoms with van der Waals surface area (Å²) in [6.07, 6.45) is 6.25. The fraction of sp³-hybridized carbons (Fsp3) is 0.750. The van der Waals surface area contributed by atoms with Gasteiger partial charge in [-0.15, -0.1) is 0 Å². The molecule has 7 nitrogen and oxygen atoms in total. The van der Waals surface area contributed by atoms with Gasteiger partial charge in [-0.3, -0.25) is 14.5 Å². The van der Waals surface area contributed by atoms with Gasteiger partial charge in [-0.05, 0) is 37.3 Å². The molecule has 5 fully saturated rings. The Morgan fingerprint density at radius 3 is 2.81 bits per heavy atom. The topological polar surface area (TPSA) is 75.5 Å². The molecule has 0 radical (unpaired) electrons. The van der Waals surface area contributed by atoms with Crippen LogP contribution in [0.3, 0.4) is 0 Å². The Bertz CT molecular complexity index is 879. The highest BCUT2D eigenvalue weighted by Crippen LogP contribution is 2.70. The first-order valence-electron chi connectivity index (χ1n) is 11.9. The summed E-state index contributed by atoms with van der Waals surface area (Å²) in [4.78, 5) is 29.6. The van der Waals surface area contributed by atoms with E-state index < -0.39 is 0 Å². The summed E-state index contributed by atoms with van der Waals surface area (Å²) in [5, 5.41) is 0. The molecule has 1 aromatic heterocycles. The van der Waals surface area contributed by atoms with E-state index in [9.17, 15) is 9.59 Å². The van der Waals surface area contributed by atoms with E-state index in [1.165, 1.54) is 25.5 Å². The predicted molar refractivity (Wildman–Crippen MR) is 111 cm³/mol. The molecule has 0 aromatic carbocycles. The van der Waals surface area contributed by atoms with Crippen molar-refractivity contribution >= 4 is 11.9 Å². The minimum absolute atomic E-state index is 0.00440. The fourth-order valence-corrected chi connectivity index (χ4v) is 7.41. The van der Waals surface area contributed by atoms with E-state index in [0.717, 1.165) is 19.5 Å². The molecule has 31 heavy (non-hydrogen) atoms. The van der Waals surface area contributed by atoms with E-state index in [2.05, 4.69) is 18.7 Å². The van der Waals surface area contributed by atoms with E-state index in [1.54, 1.807) is 12.1 Å². The highest BCUT2D eigenvalue weighted by atomic mass is 16.6. The Labute approximate surface area is 183 Å². The number of hydrogen-bond donors (Lipinski definition) is 0. The zero-order valence-corrected chi connectivity index (χ0v) is 18.4. The van der Waals surface area contributed by atoms with Gasteiger partial charge in [0.25, 0.3) is 5.91 Å². The van der Waals surface area contributed by atoms with Crippen molar-refractivity contribution in [2.75, 3.05) is 32.7 Å². The van der Waals surface area contributed by atoms with Crippen LogP contribution in [-0.2, 0) is 14.3 Å². The number of rotatable bonds is 3. The lowest BCUT2D eigenvalue weighted by molar-refractivity contribution is -0.146. The molecule has 1 aromatic rings. The van der Waals surface area contributed by atoms with Crippen molar-refractivity contribution < 1.29 is 23.5 Å². The van der Waals surface area contributed by atoms with E-state index >= 15 is 0 Å². The Balaban J connectivity index is 1.13. The number of epoxide rings is 1. The number of furan rings is 1. The molecule has 2 aliphatic carbocycles. The molecular weight excluding hydrogens is 396 g/mol. The molecule has 5 aliphatic rings. The van der Waals surface area contributed by atoms with Crippen molar-refractivity contribution in [1.82, 2.24) is 9.80 Å². The van der Waals surface area contributed by atoms with Gasteiger partial charge in [-0.25, -0.2) is 0 Å². The summed E-state index contributed by atoms with van der Waals surface area (Å²) in [7, 11) is 0. The maximum atomic E-state index is 12.9. The molecule has 1 amide bonds. The number of fused-ring (bicyclic) bond motifs is 2. The van der Waals surface area contributed by atoms with E-state index in [1.807, 2.05) is 4.90 Å². The van der Waals surface area contributed by atoms with Crippen LogP contribution >= 0.6 is 0 Å². The Hall–Kier alpha value is -1.86. The second-order valence-corrected chi connectivity index (χ2v) is 10.6. The van der Waals surface area contributed by atoms with Crippen LogP contribution in [0.1, 0.15) is 50.1 Å². The lowest BCUT2D eigenvalue weighted by Crippen LogP contribution is -2.55. The molecule has 0 N–H and O–H groups in total. The first-order valence-corrected chi connectivity index (χ1v) is 11.9. The summed E-state index contributed by atoms with van der Waals surface area (Å²) in [6, 6.07) is 3.44. The van der Waals surface area contributed by atoms with Gasteiger partial charge in [-0.2, -0.15) is 0 Å². The largest absolute Gasteiger partial charge is 0.462 e. The van der Waals surface area contributed by atoms with Gasteiger partial charge in [0.1, 0.15) is 11.7 Å². The highest BCUT2D eigenvalue weighted by Gasteiger charge is 2.78. The van der Waals surface area contributed by atoms with Crippen LogP contribution in [0.5, 0.6) is 0 Å². The predicted octanol–water partition coefficient (Wildman–Crippen LogP) is 2.56. The first-order chi connectivity index (χ1) is 14.9. The third-order valence-corrected chi connectivity index (χ3v) is 9.04. The number of ether oxygens (including phenoxy) is 2. The maximum absolute atomic E-state index is 12.9. The van der Waals surface area contributed by atoms with Gasteiger partial charge in [0.15, 0.2) is 5.76 Å². The van der Waals surface area contributed by atoms with Crippen LogP contribution in [0.4, 0.5) is 0 Å².